The molecule has 3 aromatic carbocycles. The Kier molecular flexibility index (Phi) is 5.94. The minimum absolute atomic E-state index is 0.00699. The van der Waals surface area contributed by atoms with E-state index in [4.69, 9.17) is 4.74 Å². The van der Waals surface area contributed by atoms with Gasteiger partial charge in [-0.2, -0.15) is 5.10 Å². The summed E-state index contributed by atoms with van der Waals surface area (Å²) in [5, 5.41) is 26.5. The van der Waals surface area contributed by atoms with E-state index in [1.54, 1.807) is 42.1 Å². The third-order valence-corrected chi connectivity index (χ3v) is 4.97. The summed E-state index contributed by atoms with van der Waals surface area (Å²) in [6, 6.07) is 21.7. The van der Waals surface area contributed by atoms with Crippen LogP contribution in [0.25, 0.3) is 29.1 Å². The van der Waals surface area contributed by atoms with Gasteiger partial charge in [0, 0.05) is 29.8 Å². The Hall–Kier alpha value is -4.79. The monoisotopic (exact) mass is 442 g/mol. The van der Waals surface area contributed by atoms with Crippen molar-refractivity contribution in [2.45, 2.75) is 0 Å². The Morgan fingerprint density at radius 3 is 1.94 bits per heavy atom. The van der Waals surface area contributed by atoms with E-state index < -0.39 is 9.85 Å². The molecule has 33 heavy (non-hydrogen) atoms. The largest absolute Gasteiger partial charge is 0.497 e. The summed E-state index contributed by atoms with van der Waals surface area (Å²) in [6.07, 6.45) is 3.61. The Morgan fingerprint density at radius 1 is 0.818 bits per heavy atom. The van der Waals surface area contributed by atoms with Gasteiger partial charge < -0.3 is 4.74 Å². The fraction of sp³-hybridized carbons (Fsp3) is 0.0417. The second-order valence-electron chi connectivity index (χ2n) is 7.05. The van der Waals surface area contributed by atoms with E-state index in [1.165, 1.54) is 24.3 Å². The maximum absolute atomic E-state index is 11.0. The van der Waals surface area contributed by atoms with Crippen molar-refractivity contribution in [3.8, 4) is 22.7 Å². The number of ether oxygens (including phenoxy) is 1. The molecular weight excluding hydrogens is 424 g/mol. The lowest BCUT2D eigenvalue weighted by molar-refractivity contribution is -0.385. The molecule has 0 saturated heterocycles. The average molecular weight is 442 g/mol. The first-order valence-corrected chi connectivity index (χ1v) is 9.86. The van der Waals surface area contributed by atoms with Gasteiger partial charge in [0.2, 0.25) is 0 Å². The standard InChI is InChI=1S/C24H18N4O5/c1-33-23-14-12-20(13-15-23)26-24(18-5-10-22(11-6-18)28(31)32)16-19(25-26)7-2-17-3-8-21(9-4-17)27(29)30/h2-16H,1H3. The molecular formula is C24H18N4O5. The number of aromatic nitrogens is 2. The van der Waals surface area contributed by atoms with Crippen LogP contribution in [0.2, 0.25) is 0 Å². The number of nitrogens with zero attached hydrogens (tertiary/aromatic N) is 4. The Morgan fingerprint density at radius 2 is 1.39 bits per heavy atom. The molecule has 0 aliphatic carbocycles. The number of nitro benzene ring substituents is 2. The van der Waals surface area contributed by atoms with Crippen LogP contribution in [0, 0.1) is 20.2 Å². The lowest BCUT2D eigenvalue weighted by Gasteiger charge is -2.08. The Labute approximate surface area is 188 Å². The van der Waals surface area contributed by atoms with Gasteiger partial charge >= 0.3 is 0 Å². The van der Waals surface area contributed by atoms with Gasteiger partial charge in [-0.25, -0.2) is 4.68 Å². The predicted molar refractivity (Wildman–Crippen MR) is 124 cm³/mol. The van der Waals surface area contributed by atoms with Crippen molar-refractivity contribution in [2.75, 3.05) is 7.11 Å². The number of hydrogen-bond acceptors (Lipinski definition) is 6. The number of methoxy groups -OCH3 is 1. The molecule has 0 unspecified atom stereocenters. The van der Waals surface area contributed by atoms with Crippen molar-refractivity contribution < 1.29 is 14.6 Å². The maximum atomic E-state index is 11.0. The van der Waals surface area contributed by atoms with Crippen LogP contribution in [0.1, 0.15) is 11.3 Å². The van der Waals surface area contributed by atoms with Gasteiger partial charge in [0.1, 0.15) is 5.75 Å². The summed E-state index contributed by atoms with van der Waals surface area (Å²) in [6.45, 7) is 0. The normalized spacial score (nSPS) is 10.9. The van der Waals surface area contributed by atoms with E-state index >= 15 is 0 Å². The lowest BCUT2D eigenvalue weighted by atomic mass is 10.1. The summed E-state index contributed by atoms with van der Waals surface area (Å²) < 4.78 is 6.97. The van der Waals surface area contributed by atoms with Crippen LogP contribution in [0.4, 0.5) is 11.4 Å². The van der Waals surface area contributed by atoms with Crippen molar-refractivity contribution in [3.63, 3.8) is 0 Å². The van der Waals surface area contributed by atoms with Gasteiger partial charge in [-0.3, -0.25) is 20.2 Å². The molecule has 0 spiro atoms. The van der Waals surface area contributed by atoms with Gasteiger partial charge in [-0.05, 0) is 66.2 Å². The topological polar surface area (TPSA) is 113 Å². The van der Waals surface area contributed by atoms with E-state index in [2.05, 4.69) is 5.10 Å². The predicted octanol–water partition coefficient (Wildman–Crippen LogP) is 5.53. The lowest BCUT2D eigenvalue weighted by Crippen LogP contribution is -1.99. The van der Waals surface area contributed by atoms with Crippen LogP contribution in [0.5, 0.6) is 5.75 Å². The van der Waals surface area contributed by atoms with E-state index in [0.717, 1.165) is 22.5 Å². The fourth-order valence-corrected chi connectivity index (χ4v) is 3.25. The number of rotatable bonds is 7. The summed E-state index contributed by atoms with van der Waals surface area (Å²) in [5.41, 5.74) is 3.77. The average Bonchev–Trinajstić information content (AvgIpc) is 3.27. The van der Waals surface area contributed by atoms with Gasteiger partial charge in [0.05, 0.1) is 34.0 Å². The quantitative estimate of drug-likeness (QED) is 0.274. The molecule has 0 N–H and O–H groups in total. The molecule has 0 radical (unpaired) electrons. The van der Waals surface area contributed by atoms with Gasteiger partial charge in [0.15, 0.2) is 0 Å². The minimum atomic E-state index is -0.444. The zero-order valence-corrected chi connectivity index (χ0v) is 17.5. The molecule has 0 amide bonds. The minimum Gasteiger partial charge on any atom is -0.497 e. The highest BCUT2D eigenvalue weighted by Gasteiger charge is 2.13. The molecule has 0 aliphatic rings. The third kappa shape index (κ3) is 4.77. The zero-order chi connectivity index (χ0) is 23.4. The van der Waals surface area contributed by atoms with Crippen molar-refractivity contribution in [3.05, 3.63) is 110 Å². The van der Waals surface area contributed by atoms with Crippen LogP contribution in [0.3, 0.4) is 0 Å². The summed E-state index contributed by atoms with van der Waals surface area (Å²) in [7, 11) is 1.59. The molecule has 0 aliphatic heterocycles. The number of non-ortho nitro benzene ring substituents is 2. The highest BCUT2D eigenvalue weighted by Crippen LogP contribution is 2.27. The van der Waals surface area contributed by atoms with Crippen LogP contribution < -0.4 is 4.74 Å². The summed E-state index contributed by atoms with van der Waals surface area (Å²) >= 11 is 0. The molecule has 0 fully saturated rings. The van der Waals surface area contributed by atoms with Crippen LogP contribution in [0.15, 0.2) is 78.9 Å². The SMILES string of the molecule is COc1ccc(-n2nc(C=Cc3ccc([N+](=O)[O-])cc3)cc2-c2ccc([N+](=O)[O-])cc2)cc1. The highest BCUT2D eigenvalue weighted by molar-refractivity contribution is 5.72. The summed E-state index contributed by atoms with van der Waals surface area (Å²) in [5.74, 6) is 0.709. The van der Waals surface area contributed by atoms with E-state index in [9.17, 15) is 20.2 Å². The van der Waals surface area contributed by atoms with E-state index in [1.807, 2.05) is 36.4 Å². The second-order valence-corrected chi connectivity index (χ2v) is 7.05. The fourth-order valence-electron chi connectivity index (χ4n) is 3.25. The number of benzene rings is 3. The van der Waals surface area contributed by atoms with Crippen molar-refractivity contribution >= 4 is 23.5 Å². The molecule has 0 bridgehead atoms. The van der Waals surface area contributed by atoms with Gasteiger partial charge in [0.25, 0.3) is 11.4 Å². The van der Waals surface area contributed by atoms with Crippen molar-refractivity contribution in [1.82, 2.24) is 9.78 Å². The zero-order valence-electron chi connectivity index (χ0n) is 17.5. The number of nitro groups is 2. The molecule has 9 heteroatoms. The molecule has 0 saturated carbocycles. The highest BCUT2D eigenvalue weighted by atomic mass is 16.6. The number of hydrogen-bond donors (Lipinski definition) is 0. The van der Waals surface area contributed by atoms with Gasteiger partial charge in [-0.15, -0.1) is 0 Å². The molecule has 164 valence electrons. The maximum Gasteiger partial charge on any atom is 0.269 e. The Balaban J connectivity index is 1.72. The molecule has 9 nitrogen and oxygen atoms in total. The third-order valence-electron chi connectivity index (χ3n) is 4.97. The molecule has 4 rings (SSSR count). The van der Waals surface area contributed by atoms with Crippen LogP contribution >= 0.6 is 0 Å². The molecule has 1 aromatic heterocycles. The Bertz CT molecular complexity index is 1330. The smallest absolute Gasteiger partial charge is 0.269 e. The van der Waals surface area contributed by atoms with Crippen molar-refractivity contribution in [1.29, 1.82) is 0 Å². The second kappa shape index (κ2) is 9.15. The molecule has 4 aromatic rings. The van der Waals surface area contributed by atoms with E-state index in [0.29, 0.717) is 11.4 Å². The van der Waals surface area contributed by atoms with Crippen molar-refractivity contribution in [2.24, 2.45) is 0 Å². The molecule has 0 atom stereocenters. The molecule has 1 heterocycles. The van der Waals surface area contributed by atoms with Crippen LogP contribution in [-0.4, -0.2) is 26.7 Å². The first-order chi connectivity index (χ1) is 15.9. The summed E-state index contributed by atoms with van der Waals surface area (Å²) in [4.78, 5) is 21.0. The van der Waals surface area contributed by atoms with E-state index in [-0.39, 0.29) is 11.4 Å². The first-order valence-electron chi connectivity index (χ1n) is 9.86. The van der Waals surface area contributed by atoms with Gasteiger partial charge in [-0.1, -0.05) is 6.08 Å². The van der Waals surface area contributed by atoms with Crippen LogP contribution in [-0.2, 0) is 0 Å². The first kappa shape index (κ1) is 21.4.